The Bertz CT molecular complexity index is 797. The van der Waals surface area contributed by atoms with Crippen LogP contribution in [0.15, 0.2) is 11.6 Å². The van der Waals surface area contributed by atoms with Gasteiger partial charge in [-0.1, -0.05) is 39.3 Å². The second-order valence-electron chi connectivity index (χ2n) is 13.5. The third kappa shape index (κ3) is 2.82. The molecular weight excluding hydrogens is 400 g/mol. The number of hydrogen-bond donors (Lipinski definition) is 2. The van der Waals surface area contributed by atoms with E-state index in [1.165, 1.54) is 25.7 Å². The average Bonchev–Trinajstić information content (AvgIpc) is 3.22. The van der Waals surface area contributed by atoms with E-state index in [1.807, 2.05) is 0 Å². The van der Waals surface area contributed by atoms with Gasteiger partial charge in [-0.05, 0) is 85.9 Å². The van der Waals surface area contributed by atoms with Crippen molar-refractivity contribution in [3.63, 3.8) is 0 Å². The maximum atomic E-state index is 10.3. The summed E-state index contributed by atoms with van der Waals surface area (Å²) in [7, 11) is 0. The van der Waals surface area contributed by atoms with E-state index in [2.05, 4.69) is 33.8 Å². The molecule has 2 saturated heterocycles. The SMILES string of the molecule is C[C@H]1[C@H]2[C@H](C[C@H]3[C@@H]4CC=C5C[C@@H](O)CC[C@]5(C)[C@H]4CC[C@]23C)O[C@]12CC[C@](C)(CO)CO2. The van der Waals surface area contributed by atoms with Gasteiger partial charge in [-0.25, -0.2) is 0 Å². The Balaban J connectivity index is 1.25. The van der Waals surface area contributed by atoms with E-state index in [9.17, 15) is 10.2 Å². The molecule has 2 N–H and O–H groups in total. The van der Waals surface area contributed by atoms with E-state index in [1.54, 1.807) is 5.57 Å². The van der Waals surface area contributed by atoms with E-state index in [0.29, 0.717) is 35.4 Å². The highest BCUT2D eigenvalue weighted by Gasteiger charge is 2.69. The first kappa shape index (κ1) is 22.1. The molecule has 0 unspecified atom stereocenters. The molecule has 11 atom stereocenters. The Morgan fingerprint density at radius 3 is 2.59 bits per heavy atom. The third-order valence-corrected chi connectivity index (χ3v) is 11.9. The van der Waals surface area contributed by atoms with Crippen LogP contribution in [0.2, 0.25) is 0 Å². The minimum Gasteiger partial charge on any atom is -0.396 e. The van der Waals surface area contributed by atoms with E-state index >= 15 is 0 Å². The van der Waals surface area contributed by atoms with E-state index in [4.69, 9.17) is 9.47 Å². The standard InChI is InChI=1S/C28H44O4/c1-17-24-23(32-28(17)12-11-25(2,15-29)16-31-28)14-22-20-6-5-18-13-19(30)7-9-26(18,3)21(20)8-10-27(22,24)4/h5,17,19-24,29-30H,6-16H2,1-4H3/t17-,19-,20+,21-,22-,23-,24-,25+,26-,27-,28+/m0/s1. The number of aliphatic hydroxyl groups is 2. The Morgan fingerprint density at radius 2 is 1.88 bits per heavy atom. The van der Waals surface area contributed by atoms with E-state index < -0.39 is 5.79 Å². The van der Waals surface area contributed by atoms with Gasteiger partial charge in [0.15, 0.2) is 5.79 Å². The number of fused-ring (bicyclic) bond motifs is 7. The van der Waals surface area contributed by atoms with Crippen LogP contribution in [-0.2, 0) is 9.47 Å². The molecule has 180 valence electrons. The summed E-state index contributed by atoms with van der Waals surface area (Å²) < 4.78 is 13.4. The Kier molecular flexibility index (Phi) is 4.87. The summed E-state index contributed by atoms with van der Waals surface area (Å²) in [6, 6.07) is 0. The summed E-state index contributed by atoms with van der Waals surface area (Å²) >= 11 is 0. The Hall–Kier alpha value is -0.420. The average molecular weight is 445 g/mol. The van der Waals surface area contributed by atoms with Crippen LogP contribution in [0.3, 0.4) is 0 Å². The van der Waals surface area contributed by atoms with Crippen molar-refractivity contribution in [2.75, 3.05) is 13.2 Å². The molecule has 32 heavy (non-hydrogen) atoms. The molecule has 0 radical (unpaired) electrons. The summed E-state index contributed by atoms with van der Waals surface area (Å²) in [5, 5.41) is 20.1. The maximum absolute atomic E-state index is 10.3. The predicted molar refractivity (Wildman–Crippen MR) is 124 cm³/mol. The van der Waals surface area contributed by atoms with Gasteiger partial charge >= 0.3 is 0 Å². The number of ether oxygens (including phenoxy) is 2. The second-order valence-corrected chi connectivity index (χ2v) is 13.5. The topological polar surface area (TPSA) is 58.9 Å². The molecule has 4 nitrogen and oxygen atoms in total. The monoisotopic (exact) mass is 444 g/mol. The molecule has 6 aliphatic rings. The van der Waals surface area contributed by atoms with Crippen LogP contribution in [0.4, 0.5) is 0 Å². The highest BCUT2D eigenvalue weighted by molar-refractivity contribution is 5.26. The molecule has 4 aliphatic carbocycles. The number of aliphatic hydroxyl groups excluding tert-OH is 2. The summed E-state index contributed by atoms with van der Waals surface area (Å²) in [5.74, 6) is 2.84. The lowest BCUT2D eigenvalue weighted by molar-refractivity contribution is -0.287. The Morgan fingerprint density at radius 1 is 1.06 bits per heavy atom. The van der Waals surface area contributed by atoms with Gasteiger partial charge < -0.3 is 19.7 Å². The minimum atomic E-state index is -0.431. The van der Waals surface area contributed by atoms with Crippen LogP contribution in [0, 0.1) is 45.8 Å². The zero-order valence-corrected chi connectivity index (χ0v) is 20.6. The fourth-order valence-electron chi connectivity index (χ4n) is 9.81. The zero-order valence-electron chi connectivity index (χ0n) is 20.6. The van der Waals surface area contributed by atoms with Gasteiger partial charge in [-0.2, -0.15) is 0 Å². The van der Waals surface area contributed by atoms with Gasteiger partial charge in [0.1, 0.15) is 0 Å². The highest BCUT2D eigenvalue weighted by Crippen LogP contribution is 2.70. The molecule has 3 saturated carbocycles. The van der Waals surface area contributed by atoms with Crippen molar-refractivity contribution in [3.8, 4) is 0 Å². The lowest BCUT2D eigenvalue weighted by Crippen LogP contribution is -2.53. The third-order valence-electron chi connectivity index (χ3n) is 11.9. The molecule has 6 rings (SSSR count). The van der Waals surface area contributed by atoms with Crippen molar-refractivity contribution in [2.45, 2.75) is 103 Å². The zero-order chi connectivity index (χ0) is 22.5. The molecule has 2 aliphatic heterocycles. The quantitative estimate of drug-likeness (QED) is 0.554. The summed E-state index contributed by atoms with van der Waals surface area (Å²) in [6.07, 6.45) is 12.7. The van der Waals surface area contributed by atoms with Gasteiger partial charge in [-0.15, -0.1) is 0 Å². The summed E-state index contributed by atoms with van der Waals surface area (Å²) in [5.41, 5.74) is 2.08. The van der Waals surface area contributed by atoms with Gasteiger partial charge in [0.2, 0.25) is 0 Å². The fourth-order valence-corrected chi connectivity index (χ4v) is 9.81. The van der Waals surface area contributed by atoms with Crippen molar-refractivity contribution >= 4 is 0 Å². The van der Waals surface area contributed by atoms with E-state index in [-0.39, 0.29) is 18.1 Å². The van der Waals surface area contributed by atoms with Crippen molar-refractivity contribution in [3.05, 3.63) is 11.6 Å². The lowest BCUT2D eigenvalue weighted by atomic mass is 9.47. The van der Waals surface area contributed by atoms with Crippen LogP contribution in [0.1, 0.15) is 85.5 Å². The molecular formula is C28H44O4. The number of allylic oxidation sites excluding steroid dienone is 1. The van der Waals surface area contributed by atoms with Crippen molar-refractivity contribution in [1.82, 2.24) is 0 Å². The molecule has 1 spiro atoms. The number of hydrogen-bond acceptors (Lipinski definition) is 4. The first-order valence-electron chi connectivity index (χ1n) is 13.4. The first-order valence-corrected chi connectivity index (χ1v) is 13.4. The molecule has 0 bridgehead atoms. The molecule has 5 fully saturated rings. The second kappa shape index (κ2) is 7.06. The highest BCUT2D eigenvalue weighted by atomic mass is 16.7. The van der Waals surface area contributed by atoms with Crippen LogP contribution in [0.25, 0.3) is 0 Å². The van der Waals surface area contributed by atoms with Crippen LogP contribution in [0.5, 0.6) is 0 Å². The minimum absolute atomic E-state index is 0.119. The largest absolute Gasteiger partial charge is 0.396 e. The molecule has 0 aromatic heterocycles. The van der Waals surface area contributed by atoms with Gasteiger partial charge in [-0.3, -0.25) is 0 Å². The summed E-state index contributed by atoms with van der Waals surface area (Å²) in [4.78, 5) is 0. The molecule has 0 aromatic rings. The Labute approximate surface area is 194 Å². The van der Waals surface area contributed by atoms with Gasteiger partial charge in [0, 0.05) is 17.8 Å². The van der Waals surface area contributed by atoms with Crippen LogP contribution in [-0.4, -0.2) is 41.4 Å². The number of rotatable bonds is 1. The van der Waals surface area contributed by atoms with Crippen LogP contribution < -0.4 is 0 Å². The molecule has 4 heteroatoms. The van der Waals surface area contributed by atoms with Gasteiger partial charge in [0.25, 0.3) is 0 Å². The van der Waals surface area contributed by atoms with Crippen LogP contribution >= 0.6 is 0 Å². The van der Waals surface area contributed by atoms with E-state index in [0.717, 1.165) is 49.9 Å². The lowest BCUT2D eigenvalue weighted by Gasteiger charge is -2.58. The first-order chi connectivity index (χ1) is 15.1. The van der Waals surface area contributed by atoms with Crippen molar-refractivity contribution < 1.29 is 19.7 Å². The normalized spacial score (nSPS) is 59.2. The van der Waals surface area contributed by atoms with Gasteiger partial charge in [0.05, 0.1) is 25.4 Å². The van der Waals surface area contributed by atoms with Crippen molar-refractivity contribution in [2.24, 2.45) is 45.8 Å². The van der Waals surface area contributed by atoms with Crippen molar-refractivity contribution in [1.29, 1.82) is 0 Å². The smallest absolute Gasteiger partial charge is 0.171 e. The predicted octanol–water partition coefficient (Wildman–Crippen LogP) is 5.08. The molecule has 0 amide bonds. The maximum Gasteiger partial charge on any atom is 0.171 e. The molecule has 2 heterocycles. The summed E-state index contributed by atoms with van der Waals surface area (Å²) in [6.45, 7) is 10.4. The fraction of sp³-hybridized carbons (Fsp3) is 0.929. The molecule has 0 aromatic carbocycles.